The minimum Gasteiger partial charge on any atom is -0.483 e. The van der Waals surface area contributed by atoms with E-state index >= 15 is 0 Å². The highest BCUT2D eigenvalue weighted by Gasteiger charge is 2.24. The highest BCUT2D eigenvalue weighted by molar-refractivity contribution is 5.82. The van der Waals surface area contributed by atoms with Gasteiger partial charge in [0.2, 0.25) is 5.91 Å². The van der Waals surface area contributed by atoms with E-state index in [1.807, 2.05) is 32.0 Å². The number of piperazine rings is 1. The van der Waals surface area contributed by atoms with Crippen molar-refractivity contribution in [2.75, 3.05) is 39.4 Å². The van der Waals surface area contributed by atoms with Crippen molar-refractivity contribution in [2.24, 2.45) is 0 Å². The fourth-order valence-corrected chi connectivity index (χ4v) is 2.92. The van der Waals surface area contributed by atoms with Crippen molar-refractivity contribution < 1.29 is 23.9 Å². The zero-order valence-electron chi connectivity index (χ0n) is 16.3. The number of ether oxygens (including phenoxy) is 2. The summed E-state index contributed by atoms with van der Waals surface area (Å²) in [5.74, 6) is 0.190. The van der Waals surface area contributed by atoms with E-state index in [0.717, 1.165) is 16.9 Å². The van der Waals surface area contributed by atoms with E-state index in [1.54, 1.807) is 16.7 Å². The molecule has 148 valence electrons. The first-order chi connectivity index (χ1) is 12.9. The molecule has 0 atom stereocenters. The highest BCUT2D eigenvalue weighted by atomic mass is 16.5. The summed E-state index contributed by atoms with van der Waals surface area (Å²) in [6, 6.07) is 5.76. The van der Waals surface area contributed by atoms with E-state index in [4.69, 9.17) is 9.47 Å². The molecule has 0 unspecified atom stereocenters. The van der Waals surface area contributed by atoms with Crippen LogP contribution in [0.1, 0.15) is 30.9 Å². The van der Waals surface area contributed by atoms with Crippen LogP contribution in [0.15, 0.2) is 18.2 Å². The molecule has 1 heterocycles. The van der Waals surface area contributed by atoms with Crippen LogP contribution >= 0.6 is 0 Å². The maximum Gasteiger partial charge on any atom is 0.306 e. The van der Waals surface area contributed by atoms with Crippen LogP contribution < -0.4 is 4.74 Å². The van der Waals surface area contributed by atoms with Crippen molar-refractivity contribution in [2.45, 2.75) is 33.6 Å². The molecule has 2 rings (SSSR count). The molecule has 7 nitrogen and oxygen atoms in total. The molecule has 1 aliphatic rings. The Kier molecular flexibility index (Phi) is 7.64. The Morgan fingerprint density at radius 2 is 1.59 bits per heavy atom. The highest BCUT2D eigenvalue weighted by Crippen LogP contribution is 2.20. The lowest BCUT2D eigenvalue weighted by atomic mass is 10.1. The van der Waals surface area contributed by atoms with Crippen LogP contribution in [0.4, 0.5) is 0 Å². The summed E-state index contributed by atoms with van der Waals surface area (Å²) in [6.07, 6.45) is 0.234. The number of esters is 1. The van der Waals surface area contributed by atoms with E-state index in [1.165, 1.54) is 0 Å². The van der Waals surface area contributed by atoms with Crippen LogP contribution in [0, 0.1) is 13.8 Å². The van der Waals surface area contributed by atoms with E-state index in [9.17, 15) is 14.4 Å². The predicted octanol–water partition coefficient (Wildman–Crippen LogP) is 1.70. The molecule has 27 heavy (non-hydrogen) atoms. The number of hydrogen-bond donors (Lipinski definition) is 0. The van der Waals surface area contributed by atoms with Crippen molar-refractivity contribution in [3.8, 4) is 5.75 Å². The third kappa shape index (κ3) is 5.98. The zero-order valence-corrected chi connectivity index (χ0v) is 16.3. The van der Waals surface area contributed by atoms with Gasteiger partial charge in [-0.2, -0.15) is 0 Å². The standard InChI is InChI=1S/C20H28N2O5/c1-4-26-20(25)9-8-18(23)21-10-12-22(13-11-21)19(24)14-27-17-7-5-6-15(2)16(17)3/h5-7H,4,8-14H2,1-3H3. The number of rotatable bonds is 7. The molecule has 1 aliphatic heterocycles. The van der Waals surface area contributed by atoms with Crippen molar-refractivity contribution in [3.05, 3.63) is 29.3 Å². The summed E-state index contributed by atoms with van der Waals surface area (Å²) >= 11 is 0. The van der Waals surface area contributed by atoms with Gasteiger partial charge < -0.3 is 19.3 Å². The van der Waals surface area contributed by atoms with Gasteiger partial charge in [-0.25, -0.2) is 0 Å². The molecule has 0 radical (unpaired) electrons. The SMILES string of the molecule is CCOC(=O)CCC(=O)N1CCN(C(=O)COc2cccc(C)c2C)CC1. The van der Waals surface area contributed by atoms with Crippen LogP contribution in [0.2, 0.25) is 0 Å². The first kappa shape index (κ1) is 20.7. The number of amides is 2. The summed E-state index contributed by atoms with van der Waals surface area (Å²) in [7, 11) is 0. The summed E-state index contributed by atoms with van der Waals surface area (Å²) in [5.41, 5.74) is 2.15. The summed E-state index contributed by atoms with van der Waals surface area (Å²) in [6.45, 7) is 7.89. The summed E-state index contributed by atoms with van der Waals surface area (Å²) in [5, 5.41) is 0. The molecule has 0 saturated carbocycles. The smallest absolute Gasteiger partial charge is 0.306 e. The largest absolute Gasteiger partial charge is 0.483 e. The normalized spacial score (nSPS) is 14.0. The first-order valence-corrected chi connectivity index (χ1v) is 9.32. The number of aryl methyl sites for hydroxylation is 1. The topological polar surface area (TPSA) is 76.2 Å². The van der Waals surface area contributed by atoms with Crippen LogP contribution in [-0.2, 0) is 19.1 Å². The Morgan fingerprint density at radius 3 is 2.22 bits per heavy atom. The maximum atomic E-state index is 12.4. The number of benzene rings is 1. The number of carbonyl (C=O) groups excluding carboxylic acids is 3. The minimum atomic E-state index is -0.358. The quantitative estimate of drug-likeness (QED) is 0.677. The molecular formula is C20H28N2O5. The van der Waals surface area contributed by atoms with Crippen LogP contribution in [0.3, 0.4) is 0 Å². The molecule has 2 amide bonds. The second-order valence-electron chi connectivity index (χ2n) is 6.55. The number of carbonyl (C=O) groups is 3. The van der Waals surface area contributed by atoms with Crippen LogP contribution in [-0.4, -0.2) is 67.0 Å². The average molecular weight is 376 g/mol. The van der Waals surface area contributed by atoms with Gasteiger partial charge in [0.15, 0.2) is 6.61 Å². The third-order valence-electron chi connectivity index (χ3n) is 4.74. The van der Waals surface area contributed by atoms with Gasteiger partial charge in [-0.15, -0.1) is 0 Å². The van der Waals surface area contributed by atoms with Crippen molar-refractivity contribution >= 4 is 17.8 Å². The zero-order chi connectivity index (χ0) is 19.8. The van der Waals surface area contributed by atoms with Crippen LogP contribution in [0.5, 0.6) is 5.75 Å². The summed E-state index contributed by atoms with van der Waals surface area (Å²) in [4.78, 5) is 39.3. The van der Waals surface area contributed by atoms with E-state index in [-0.39, 0.29) is 37.2 Å². The van der Waals surface area contributed by atoms with Gasteiger partial charge in [-0.1, -0.05) is 12.1 Å². The van der Waals surface area contributed by atoms with Gasteiger partial charge in [0.25, 0.3) is 5.91 Å². The molecule has 0 spiro atoms. The van der Waals surface area contributed by atoms with Crippen LogP contribution in [0.25, 0.3) is 0 Å². The molecule has 1 aromatic carbocycles. The van der Waals surface area contributed by atoms with Gasteiger partial charge in [0, 0.05) is 32.6 Å². The fourth-order valence-electron chi connectivity index (χ4n) is 2.92. The average Bonchev–Trinajstić information content (AvgIpc) is 2.67. The number of nitrogens with zero attached hydrogens (tertiary/aromatic N) is 2. The third-order valence-corrected chi connectivity index (χ3v) is 4.74. The van der Waals surface area contributed by atoms with Gasteiger partial charge in [0.1, 0.15) is 5.75 Å². The van der Waals surface area contributed by atoms with E-state index in [0.29, 0.717) is 32.8 Å². The predicted molar refractivity (Wildman–Crippen MR) is 100 cm³/mol. The Bertz CT molecular complexity index is 681. The molecule has 1 fully saturated rings. The van der Waals surface area contributed by atoms with Crippen molar-refractivity contribution in [1.29, 1.82) is 0 Å². The second-order valence-corrected chi connectivity index (χ2v) is 6.55. The molecule has 1 aromatic rings. The molecule has 1 saturated heterocycles. The Morgan fingerprint density at radius 1 is 0.963 bits per heavy atom. The van der Waals surface area contributed by atoms with Gasteiger partial charge in [-0.05, 0) is 38.0 Å². The number of hydrogen-bond acceptors (Lipinski definition) is 5. The maximum absolute atomic E-state index is 12.4. The molecule has 0 N–H and O–H groups in total. The van der Waals surface area contributed by atoms with Crippen molar-refractivity contribution in [1.82, 2.24) is 9.80 Å². The molecule has 0 aromatic heterocycles. The Balaban J connectivity index is 1.74. The molecule has 0 bridgehead atoms. The van der Waals surface area contributed by atoms with Crippen molar-refractivity contribution in [3.63, 3.8) is 0 Å². The molecular weight excluding hydrogens is 348 g/mol. The van der Waals surface area contributed by atoms with Gasteiger partial charge >= 0.3 is 5.97 Å². The fraction of sp³-hybridized carbons (Fsp3) is 0.550. The Labute approximate surface area is 160 Å². The Hall–Kier alpha value is -2.57. The molecule has 7 heteroatoms. The second kappa shape index (κ2) is 9.94. The first-order valence-electron chi connectivity index (χ1n) is 9.32. The van der Waals surface area contributed by atoms with E-state index in [2.05, 4.69) is 0 Å². The monoisotopic (exact) mass is 376 g/mol. The lowest BCUT2D eigenvalue weighted by Crippen LogP contribution is -2.51. The lowest BCUT2D eigenvalue weighted by molar-refractivity contribution is -0.146. The minimum absolute atomic E-state index is 0.0128. The lowest BCUT2D eigenvalue weighted by Gasteiger charge is -2.34. The van der Waals surface area contributed by atoms with Gasteiger partial charge in [-0.3, -0.25) is 14.4 Å². The van der Waals surface area contributed by atoms with E-state index < -0.39 is 0 Å². The van der Waals surface area contributed by atoms with Gasteiger partial charge in [0.05, 0.1) is 13.0 Å². The molecule has 0 aliphatic carbocycles. The summed E-state index contributed by atoms with van der Waals surface area (Å²) < 4.78 is 10.5.